The van der Waals surface area contributed by atoms with E-state index in [1.807, 2.05) is 11.3 Å². The maximum atomic E-state index is 6.94. The minimum atomic E-state index is -0.126. The fourth-order valence-corrected chi connectivity index (χ4v) is 11.5. The number of hydrogen-bond acceptors (Lipinski definition) is 3. The molecule has 0 saturated carbocycles. The zero-order chi connectivity index (χ0) is 40.5. The van der Waals surface area contributed by atoms with E-state index < -0.39 is 0 Å². The molecule has 2 aliphatic rings. The molecule has 3 nitrogen and oxygen atoms in total. The minimum Gasteiger partial charge on any atom is -0.454 e. The molecule has 0 amide bonds. The molecule has 0 saturated heterocycles. The third-order valence-corrected chi connectivity index (χ3v) is 14.5. The van der Waals surface area contributed by atoms with Gasteiger partial charge in [0.05, 0.1) is 16.7 Å². The monoisotopic (exact) mass is 782 g/mol. The second kappa shape index (κ2) is 11.5. The first kappa shape index (κ1) is 35.2. The summed E-state index contributed by atoms with van der Waals surface area (Å²) in [5.74, 6) is 0. The van der Waals surface area contributed by atoms with Crippen molar-refractivity contribution in [1.29, 1.82) is 0 Å². The number of benzene rings is 7. The summed E-state index contributed by atoms with van der Waals surface area (Å²) in [6, 6.07) is 46.4. The highest BCUT2D eigenvalue weighted by Crippen LogP contribution is 2.52. The van der Waals surface area contributed by atoms with Crippen molar-refractivity contribution in [3.8, 4) is 16.8 Å². The van der Waals surface area contributed by atoms with Crippen LogP contribution in [-0.2, 0) is 16.2 Å². The number of para-hydroxylation sites is 2. The molecule has 0 atom stereocenters. The molecule has 0 spiro atoms. The van der Waals surface area contributed by atoms with Crippen molar-refractivity contribution < 1.29 is 4.42 Å². The maximum Gasteiger partial charge on any atom is 0.333 e. The summed E-state index contributed by atoms with van der Waals surface area (Å²) >= 11 is 1.92. The fraction of sp³-hybridized carbons (Fsp3) is 0.222. The molecule has 2 aliphatic heterocycles. The van der Waals surface area contributed by atoms with Gasteiger partial charge in [0.1, 0.15) is 5.58 Å². The number of fused-ring (bicyclic) bond motifs is 14. The third-order valence-electron chi connectivity index (χ3n) is 13.4. The van der Waals surface area contributed by atoms with Crippen molar-refractivity contribution in [1.82, 2.24) is 4.57 Å². The van der Waals surface area contributed by atoms with E-state index in [0.29, 0.717) is 0 Å². The lowest BCUT2D eigenvalue weighted by Gasteiger charge is -2.43. The molecule has 59 heavy (non-hydrogen) atoms. The van der Waals surface area contributed by atoms with Crippen molar-refractivity contribution in [3.05, 3.63) is 138 Å². The quantitative estimate of drug-likeness (QED) is 0.155. The number of anilines is 2. The summed E-state index contributed by atoms with van der Waals surface area (Å²) in [4.78, 5) is 2.65. The van der Waals surface area contributed by atoms with Crippen LogP contribution >= 0.6 is 11.3 Å². The van der Waals surface area contributed by atoms with E-state index in [9.17, 15) is 0 Å². The smallest absolute Gasteiger partial charge is 0.333 e. The van der Waals surface area contributed by atoms with Crippen LogP contribution in [0.2, 0.25) is 0 Å². The molecule has 0 unspecified atom stereocenters. The molecule has 5 heterocycles. The van der Waals surface area contributed by atoms with Gasteiger partial charge in [0.25, 0.3) is 0 Å². The summed E-state index contributed by atoms with van der Waals surface area (Å²) in [6.07, 6.45) is 0. The summed E-state index contributed by atoms with van der Waals surface area (Å²) < 4.78 is 12.2. The molecular formula is C54H47BN2OS. The number of rotatable bonds is 1. The zero-order valence-corrected chi connectivity index (χ0v) is 36.2. The van der Waals surface area contributed by atoms with Crippen LogP contribution in [0.5, 0.6) is 0 Å². The highest BCUT2D eigenvalue weighted by atomic mass is 32.1. The molecule has 0 radical (unpaired) electrons. The van der Waals surface area contributed by atoms with E-state index in [1.54, 1.807) is 0 Å². The Morgan fingerprint density at radius 3 is 1.98 bits per heavy atom. The molecule has 10 aromatic rings. The normalized spacial score (nSPS) is 14.1. The summed E-state index contributed by atoms with van der Waals surface area (Å²) in [6.45, 7) is 21.0. The summed E-state index contributed by atoms with van der Waals surface area (Å²) in [5, 5.41) is 7.63. The van der Waals surface area contributed by atoms with Gasteiger partial charge < -0.3 is 13.8 Å². The van der Waals surface area contributed by atoms with Gasteiger partial charge in [0.2, 0.25) is 0 Å². The second-order valence-corrected chi connectivity index (χ2v) is 21.3. The summed E-state index contributed by atoms with van der Waals surface area (Å²) in [7, 11) is 0. The van der Waals surface area contributed by atoms with Crippen LogP contribution in [0.15, 0.2) is 126 Å². The molecule has 12 rings (SSSR count). The van der Waals surface area contributed by atoms with Crippen LogP contribution in [-0.4, -0.2) is 11.4 Å². The second-order valence-electron chi connectivity index (χ2n) is 20.2. The molecule has 288 valence electrons. The highest BCUT2D eigenvalue weighted by Gasteiger charge is 2.46. The van der Waals surface area contributed by atoms with Gasteiger partial charge in [-0.05, 0) is 104 Å². The Kier molecular flexibility index (Phi) is 6.85. The van der Waals surface area contributed by atoms with Crippen LogP contribution in [0.25, 0.3) is 80.7 Å². The van der Waals surface area contributed by atoms with Crippen molar-refractivity contribution >= 4 is 104 Å². The SMILES string of the molecule is CC(C)(C)c1ccc2c(c1)-c1c3c(cc4sc5ccccc5c14)-n1c4ccc(C(C)(C)C)cc4c4cc(C(C)(C)C)cc(c41)B3N2c1cccc2c1oc1ccccc12. The van der Waals surface area contributed by atoms with Gasteiger partial charge in [-0.2, -0.15) is 0 Å². The third kappa shape index (κ3) is 4.77. The lowest BCUT2D eigenvalue weighted by Crippen LogP contribution is -2.61. The topological polar surface area (TPSA) is 21.3 Å². The number of thiophene rings is 1. The van der Waals surface area contributed by atoms with Crippen LogP contribution in [0.3, 0.4) is 0 Å². The van der Waals surface area contributed by atoms with Crippen molar-refractivity contribution in [2.45, 2.75) is 78.6 Å². The van der Waals surface area contributed by atoms with Crippen molar-refractivity contribution in [2.24, 2.45) is 0 Å². The first-order valence-electron chi connectivity index (χ1n) is 21.1. The van der Waals surface area contributed by atoms with Crippen LogP contribution in [0.1, 0.15) is 79.0 Å². The molecule has 0 aliphatic carbocycles. The molecule has 5 heteroatoms. The first-order valence-corrected chi connectivity index (χ1v) is 21.9. The van der Waals surface area contributed by atoms with E-state index in [-0.39, 0.29) is 23.1 Å². The number of nitrogens with zero attached hydrogens (tertiary/aromatic N) is 2. The van der Waals surface area contributed by atoms with Crippen LogP contribution < -0.4 is 15.7 Å². The van der Waals surface area contributed by atoms with Gasteiger partial charge in [-0.1, -0.05) is 129 Å². The Hall–Kier alpha value is -5.78. The van der Waals surface area contributed by atoms with E-state index >= 15 is 0 Å². The lowest BCUT2D eigenvalue weighted by atomic mass is 9.43. The Morgan fingerprint density at radius 1 is 0.525 bits per heavy atom. The standard InChI is InChI=1S/C54H47BN2OS/c1-52(2,3)30-21-23-40-36(25-30)37-27-32(54(7,8)9)28-39-50(37)56(40)43-29-46-47(35-16-11-13-20-45(35)59-46)48-38-26-31(53(4,5)6)22-24-41(38)57(55(39)49(43)48)42-18-14-17-34-33-15-10-12-19-44(33)58-51(34)42/h10-29H,1-9H3. The van der Waals surface area contributed by atoms with Crippen molar-refractivity contribution in [3.63, 3.8) is 0 Å². The van der Waals surface area contributed by atoms with Gasteiger partial charge >= 0.3 is 6.85 Å². The predicted molar refractivity (Wildman–Crippen MR) is 256 cm³/mol. The number of furan rings is 1. The Bertz CT molecular complexity index is 3470. The molecule has 3 aromatic heterocycles. The van der Waals surface area contributed by atoms with E-state index in [1.165, 1.54) is 92.1 Å². The van der Waals surface area contributed by atoms with E-state index in [4.69, 9.17) is 4.42 Å². The molecule has 7 aromatic carbocycles. The Morgan fingerprint density at radius 2 is 1.20 bits per heavy atom. The maximum absolute atomic E-state index is 6.94. The summed E-state index contributed by atoms with van der Waals surface area (Å²) in [5.41, 5.74) is 17.3. The lowest BCUT2D eigenvalue weighted by molar-refractivity contribution is 0.590. The number of aromatic nitrogens is 1. The number of hydrogen-bond donors (Lipinski definition) is 0. The molecule has 0 N–H and O–H groups in total. The fourth-order valence-electron chi connectivity index (χ4n) is 10.3. The Balaban J connectivity index is 1.33. The van der Waals surface area contributed by atoms with E-state index in [2.05, 4.69) is 193 Å². The average Bonchev–Trinajstić information content (AvgIpc) is 3.88. The van der Waals surface area contributed by atoms with E-state index in [0.717, 1.165) is 27.6 Å². The van der Waals surface area contributed by atoms with Crippen molar-refractivity contribution in [2.75, 3.05) is 4.81 Å². The van der Waals surface area contributed by atoms with Gasteiger partial charge in [-0.25, -0.2) is 0 Å². The molecular weight excluding hydrogens is 735 g/mol. The van der Waals surface area contributed by atoms with Gasteiger partial charge in [0, 0.05) is 58.7 Å². The predicted octanol–water partition coefficient (Wildman–Crippen LogP) is 14.2. The Labute approximate surface area is 350 Å². The van der Waals surface area contributed by atoms with Gasteiger partial charge in [-0.15, -0.1) is 11.3 Å². The van der Waals surface area contributed by atoms with Crippen LogP contribution in [0.4, 0.5) is 11.4 Å². The zero-order valence-electron chi connectivity index (χ0n) is 35.3. The highest BCUT2D eigenvalue weighted by molar-refractivity contribution is 7.26. The average molecular weight is 783 g/mol. The molecule has 0 bridgehead atoms. The van der Waals surface area contributed by atoms with Gasteiger partial charge in [0.15, 0.2) is 5.58 Å². The minimum absolute atomic E-state index is 0.0154. The first-order chi connectivity index (χ1) is 28.2. The van der Waals surface area contributed by atoms with Gasteiger partial charge in [-0.3, -0.25) is 0 Å². The molecule has 0 fully saturated rings. The van der Waals surface area contributed by atoms with Crippen LogP contribution in [0, 0.1) is 0 Å². The largest absolute Gasteiger partial charge is 0.454 e.